The van der Waals surface area contributed by atoms with Gasteiger partial charge in [0.15, 0.2) is 0 Å². The molecule has 0 rings (SSSR count). The topological polar surface area (TPSA) is 154 Å². The van der Waals surface area contributed by atoms with Crippen LogP contribution in [0.15, 0.2) is 5.34 Å². The van der Waals surface area contributed by atoms with Gasteiger partial charge in [0.25, 0.3) is 0 Å². The van der Waals surface area contributed by atoms with Crippen molar-refractivity contribution in [1.29, 1.82) is 0 Å². The Hall–Kier alpha value is 0.747. The van der Waals surface area contributed by atoms with Gasteiger partial charge in [-0.25, -0.2) is 0 Å². The van der Waals surface area contributed by atoms with Gasteiger partial charge in [-0.1, -0.05) is 0 Å². The molecule has 11 heteroatoms. The van der Waals surface area contributed by atoms with Gasteiger partial charge in [-0.2, -0.15) is 0 Å². The predicted molar refractivity (Wildman–Crippen MR) is 38.6 cm³/mol. The van der Waals surface area contributed by atoms with Gasteiger partial charge in [-0.05, 0) is 0 Å². The Morgan fingerprint density at radius 1 is 1.27 bits per heavy atom. The zero-order chi connectivity index (χ0) is 8.12. The molecule has 0 aromatic heterocycles. The third-order valence-corrected chi connectivity index (χ3v) is 0. The Morgan fingerprint density at radius 3 is 1.27 bits per heavy atom. The van der Waals surface area contributed by atoms with Gasteiger partial charge < -0.3 is 22.4 Å². The van der Waals surface area contributed by atoms with Crippen LogP contribution < -0.4 is 0 Å². The summed E-state index contributed by atoms with van der Waals surface area (Å²) < 4.78 is 16.9. The van der Waals surface area contributed by atoms with Crippen LogP contribution in [0, 0.1) is 10.1 Å². The largest absolute Gasteiger partial charge is 0.693 e. The van der Waals surface area contributed by atoms with Crippen LogP contribution in [0.25, 0.3) is 12.3 Å². The third kappa shape index (κ3) is 1470. The van der Waals surface area contributed by atoms with Crippen LogP contribution >= 0.6 is 18.8 Å². The number of nitrogens with two attached hydrogens (primary N) is 2. The molecular weight excluding hydrogens is 447 g/mol. The first-order chi connectivity index (χ1) is 4.24. The Morgan fingerprint density at radius 2 is 1.27 bits per heavy atom. The van der Waals surface area contributed by atoms with E-state index in [9.17, 15) is 0 Å². The summed E-state index contributed by atoms with van der Waals surface area (Å²) >= 11 is -2.28. The summed E-state index contributed by atoms with van der Waals surface area (Å²) in [6.07, 6.45) is 0. The molecule has 1 radical (unpaired) electrons. The van der Waals surface area contributed by atoms with Crippen LogP contribution in [0.2, 0.25) is 0 Å². The molecule has 4 N–H and O–H groups in total. The van der Waals surface area contributed by atoms with Gasteiger partial charge in [0.1, 0.15) is 0 Å². The van der Waals surface area contributed by atoms with Crippen LogP contribution in [-0.4, -0.2) is 15.6 Å². The number of halogens is 2. The summed E-state index contributed by atoms with van der Waals surface area (Å²) in [6, 6.07) is 0. The molecule has 0 aliphatic carbocycles. The fourth-order valence-corrected chi connectivity index (χ4v) is 0. The maximum absolute atomic E-state index is 8.47. The van der Waals surface area contributed by atoms with Gasteiger partial charge in [0, 0.05) is 0 Å². The number of hydrogen-bond acceptors (Lipinski definition) is 5. The van der Waals surface area contributed by atoms with Gasteiger partial charge in [-0.3, -0.25) is 0 Å². The van der Waals surface area contributed by atoms with E-state index in [0.717, 1.165) is 5.34 Å². The summed E-state index contributed by atoms with van der Waals surface area (Å²) in [5.74, 6) is 0. The van der Waals surface area contributed by atoms with Crippen molar-refractivity contribution >= 4 is 34.5 Å². The molecule has 0 fully saturated rings. The SMILES string of the molecule is O=N[O-].O=[As]=O.[Cl][Pt+2][Cl].[NH2-].[NH2-]. The van der Waals surface area contributed by atoms with E-state index in [4.69, 9.17) is 36.4 Å². The van der Waals surface area contributed by atoms with Crippen molar-refractivity contribution in [3.8, 4) is 0 Å². The second kappa shape index (κ2) is 72.7. The van der Waals surface area contributed by atoms with Crippen LogP contribution in [0.5, 0.6) is 0 Å². The first kappa shape index (κ1) is 29.8. The van der Waals surface area contributed by atoms with E-state index in [-0.39, 0.29) is 12.3 Å². The quantitative estimate of drug-likeness (QED) is 0.315. The van der Waals surface area contributed by atoms with E-state index in [1.807, 2.05) is 0 Å². The Bertz CT molecular complexity index is 77.7. The average molecular weight is 451 g/mol. The minimum absolute atomic E-state index is 0. The molecule has 0 amide bonds. The minimum atomic E-state index is -1.81. The maximum Gasteiger partial charge on any atom is -0.693 e. The Balaban J connectivity index is -0.0000000150. The molecule has 0 heterocycles. The van der Waals surface area contributed by atoms with Crippen LogP contribution in [0.4, 0.5) is 0 Å². The summed E-state index contributed by atoms with van der Waals surface area (Å²) in [5.41, 5.74) is 0. The average Bonchev–Trinajstić information content (AvgIpc) is 1.70. The van der Waals surface area contributed by atoms with Crippen LogP contribution in [0.3, 0.4) is 0 Å². The van der Waals surface area contributed by atoms with E-state index < -0.39 is 32.1 Å². The fraction of sp³-hybridized carbons (Fsp3) is 0. The van der Waals surface area contributed by atoms with Crippen molar-refractivity contribution in [2.75, 3.05) is 0 Å². The minimum Gasteiger partial charge on any atom is -0.693 e. The zero-order valence-electron chi connectivity index (χ0n) is 4.75. The molecule has 0 atom stereocenters. The number of rotatable bonds is 0. The predicted octanol–water partition coefficient (Wildman–Crippen LogP) is 2.44. The van der Waals surface area contributed by atoms with Gasteiger partial charge in [0.05, 0.1) is 0 Å². The van der Waals surface area contributed by atoms with Gasteiger partial charge in [0.2, 0.25) is 0 Å². The molecule has 0 aliphatic heterocycles. The molecule has 0 saturated heterocycles. The fourth-order valence-electron chi connectivity index (χ4n) is 0. The summed E-state index contributed by atoms with van der Waals surface area (Å²) in [6.45, 7) is 0. The summed E-state index contributed by atoms with van der Waals surface area (Å²) in [7, 11) is 9.75. The van der Waals surface area contributed by atoms with Crippen LogP contribution in [0.1, 0.15) is 0 Å². The molecule has 11 heavy (non-hydrogen) atoms. The zero-order valence-corrected chi connectivity index (χ0v) is 10.4. The standard InChI is InChI=1S/AsO2.2ClH.HNO2.2H2N.Pt/c2-1-3;;;2-1-3;;;/h;2*1H;(H,2,3);2*1H2;/q;;;;2*-1;+4/p-3. The molecule has 7 nitrogen and oxygen atoms in total. The van der Waals surface area contributed by atoms with E-state index in [1.54, 1.807) is 0 Å². The van der Waals surface area contributed by atoms with E-state index in [2.05, 4.69) is 0 Å². The smallest absolute Gasteiger partial charge is 0.693 e. The monoisotopic (exact) mass is 450 g/mol. The Kier molecular flexibility index (Phi) is 197. The molecule has 73 valence electrons. The molecule has 0 bridgehead atoms. The van der Waals surface area contributed by atoms with Crippen molar-refractivity contribution in [3.63, 3.8) is 0 Å². The van der Waals surface area contributed by atoms with Gasteiger partial charge in [-0.15, -0.1) is 5.34 Å². The molecule has 0 spiro atoms. The van der Waals surface area contributed by atoms with Crippen molar-refractivity contribution in [1.82, 2.24) is 0 Å². The normalized spacial score (nSPS) is 3.82. The van der Waals surface area contributed by atoms with Gasteiger partial charge >= 0.3 is 58.4 Å². The van der Waals surface area contributed by atoms with E-state index in [0.29, 0.717) is 0 Å². The molecule has 0 unspecified atom stereocenters. The van der Waals surface area contributed by atoms with E-state index >= 15 is 0 Å². The first-order valence-electron chi connectivity index (χ1n) is 0.969. The number of hydrogen-bond donors (Lipinski definition) is 0. The summed E-state index contributed by atoms with van der Waals surface area (Å²) in [5, 5.41) is 9.00. The molecule has 0 aromatic carbocycles. The number of nitrogens with zero attached hydrogens (tertiary/aromatic N) is 1. The second-order valence-corrected chi connectivity index (χ2v) is 3.79. The summed E-state index contributed by atoms with van der Waals surface area (Å²) in [4.78, 5) is 8.00. The first-order valence-corrected chi connectivity index (χ1v) is 8.13. The second-order valence-electron chi connectivity index (χ2n) is 0.194. The van der Waals surface area contributed by atoms with Crippen LogP contribution in [-0.2, 0) is 24.0 Å². The molecular formula is H4AsCl2N3O4Pt-. The van der Waals surface area contributed by atoms with Crippen molar-refractivity contribution in [2.45, 2.75) is 0 Å². The van der Waals surface area contributed by atoms with Crippen molar-refractivity contribution in [2.24, 2.45) is 5.34 Å². The third-order valence-electron chi connectivity index (χ3n) is 0. The molecule has 0 aliphatic rings. The van der Waals surface area contributed by atoms with Crippen molar-refractivity contribution < 1.29 is 24.0 Å². The maximum atomic E-state index is 8.47. The molecule has 0 saturated carbocycles. The molecule has 0 aromatic rings. The Labute approximate surface area is 85.8 Å². The van der Waals surface area contributed by atoms with E-state index in [1.165, 1.54) is 0 Å². The van der Waals surface area contributed by atoms with Crippen molar-refractivity contribution in [3.05, 3.63) is 22.4 Å².